The van der Waals surface area contributed by atoms with Gasteiger partial charge in [-0.3, -0.25) is 15.0 Å². The van der Waals surface area contributed by atoms with Crippen LogP contribution in [-0.2, 0) is 9.53 Å². The Balaban J connectivity index is 1.26. The highest BCUT2D eigenvalue weighted by Crippen LogP contribution is 2.33. The molecule has 0 unspecified atom stereocenters. The number of benzene rings is 1. The fourth-order valence-electron chi connectivity index (χ4n) is 3.99. The van der Waals surface area contributed by atoms with Crippen molar-refractivity contribution in [3.63, 3.8) is 0 Å². The topological polar surface area (TPSA) is 93.4 Å². The van der Waals surface area contributed by atoms with E-state index in [1.165, 1.54) is 0 Å². The van der Waals surface area contributed by atoms with Crippen LogP contribution in [0.2, 0.25) is 0 Å². The third-order valence-corrected chi connectivity index (χ3v) is 5.77. The lowest BCUT2D eigenvalue weighted by Gasteiger charge is -2.43. The summed E-state index contributed by atoms with van der Waals surface area (Å²) in [5.41, 5.74) is 1.64. The first kappa shape index (κ1) is 18.2. The van der Waals surface area contributed by atoms with Crippen LogP contribution in [0.3, 0.4) is 0 Å². The number of carbonyl (C=O) groups excluding carboxylic acids is 1. The first-order valence-electron chi connectivity index (χ1n) is 9.98. The molecule has 8 nitrogen and oxygen atoms in total. The van der Waals surface area contributed by atoms with E-state index in [0.29, 0.717) is 23.6 Å². The summed E-state index contributed by atoms with van der Waals surface area (Å²) in [5.74, 6) is 1.66. The van der Waals surface area contributed by atoms with Crippen LogP contribution in [0.1, 0.15) is 18.7 Å². The first-order valence-corrected chi connectivity index (χ1v) is 9.98. The van der Waals surface area contributed by atoms with E-state index in [9.17, 15) is 4.79 Å². The molecule has 3 heterocycles. The average molecular weight is 393 g/mol. The Morgan fingerprint density at radius 2 is 2.00 bits per heavy atom. The van der Waals surface area contributed by atoms with Crippen molar-refractivity contribution in [3.05, 3.63) is 36.5 Å². The van der Waals surface area contributed by atoms with Gasteiger partial charge in [0.25, 0.3) is 0 Å². The number of nitrogens with one attached hydrogen (secondary N) is 1. The zero-order valence-corrected chi connectivity index (χ0v) is 16.3. The predicted octanol–water partition coefficient (Wildman–Crippen LogP) is 2.64. The SMILES string of the molecule is Cc1ncc(-c2ccc3cnc(NC(=O)C4CC(N5CCOCC5)C4)nc3c2)o1. The molecule has 150 valence electrons. The first-order chi connectivity index (χ1) is 14.2. The summed E-state index contributed by atoms with van der Waals surface area (Å²) >= 11 is 0. The number of amides is 1. The Bertz CT molecular complexity index is 1040. The van der Waals surface area contributed by atoms with Crippen molar-refractivity contribution >= 4 is 22.8 Å². The van der Waals surface area contributed by atoms with E-state index in [2.05, 4.69) is 25.2 Å². The van der Waals surface area contributed by atoms with Gasteiger partial charge in [0.2, 0.25) is 11.9 Å². The van der Waals surface area contributed by atoms with Crippen molar-refractivity contribution in [2.24, 2.45) is 5.92 Å². The molecule has 1 saturated heterocycles. The summed E-state index contributed by atoms with van der Waals surface area (Å²) in [7, 11) is 0. The van der Waals surface area contributed by atoms with E-state index in [-0.39, 0.29) is 11.8 Å². The number of rotatable bonds is 4. The molecular weight excluding hydrogens is 370 g/mol. The summed E-state index contributed by atoms with van der Waals surface area (Å²) in [6.45, 7) is 5.30. The Hall–Kier alpha value is -2.84. The number of fused-ring (bicyclic) bond motifs is 1. The number of nitrogens with zero attached hydrogens (tertiary/aromatic N) is 4. The maximum absolute atomic E-state index is 12.6. The van der Waals surface area contributed by atoms with E-state index in [0.717, 1.165) is 55.6 Å². The van der Waals surface area contributed by atoms with Crippen molar-refractivity contribution in [2.45, 2.75) is 25.8 Å². The molecule has 2 fully saturated rings. The molecule has 1 aliphatic heterocycles. The largest absolute Gasteiger partial charge is 0.441 e. The minimum atomic E-state index is -0.00382. The zero-order chi connectivity index (χ0) is 19.8. The van der Waals surface area contributed by atoms with E-state index in [1.807, 2.05) is 25.1 Å². The van der Waals surface area contributed by atoms with Crippen LogP contribution < -0.4 is 5.32 Å². The number of aromatic nitrogens is 3. The Morgan fingerprint density at radius 3 is 2.76 bits per heavy atom. The molecule has 3 aromatic rings. The highest BCUT2D eigenvalue weighted by molar-refractivity contribution is 5.93. The van der Waals surface area contributed by atoms with Crippen LogP contribution in [-0.4, -0.2) is 58.1 Å². The van der Waals surface area contributed by atoms with Crippen LogP contribution in [0.4, 0.5) is 5.95 Å². The van der Waals surface area contributed by atoms with Crippen molar-refractivity contribution in [2.75, 3.05) is 31.6 Å². The van der Waals surface area contributed by atoms with Gasteiger partial charge < -0.3 is 9.15 Å². The highest BCUT2D eigenvalue weighted by Gasteiger charge is 2.38. The number of oxazole rings is 1. The molecule has 0 bridgehead atoms. The van der Waals surface area contributed by atoms with Crippen molar-refractivity contribution in [1.29, 1.82) is 0 Å². The van der Waals surface area contributed by atoms with Gasteiger partial charge in [-0.05, 0) is 18.9 Å². The van der Waals surface area contributed by atoms with Gasteiger partial charge >= 0.3 is 0 Å². The Morgan fingerprint density at radius 1 is 1.17 bits per heavy atom. The molecule has 0 spiro atoms. The quantitative estimate of drug-likeness (QED) is 0.728. The van der Waals surface area contributed by atoms with E-state index < -0.39 is 0 Å². The number of aryl methyl sites for hydroxylation is 1. The summed E-state index contributed by atoms with van der Waals surface area (Å²) < 4.78 is 11.0. The van der Waals surface area contributed by atoms with E-state index in [4.69, 9.17) is 9.15 Å². The van der Waals surface area contributed by atoms with Crippen LogP contribution in [0, 0.1) is 12.8 Å². The molecule has 1 saturated carbocycles. The van der Waals surface area contributed by atoms with Crippen molar-refractivity contribution in [1.82, 2.24) is 19.9 Å². The van der Waals surface area contributed by atoms with Crippen molar-refractivity contribution < 1.29 is 13.9 Å². The molecule has 1 amide bonds. The Kier molecular flexibility index (Phi) is 4.73. The van der Waals surface area contributed by atoms with Gasteiger partial charge in [0.1, 0.15) is 0 Å². The maximum Gasteiger partial charge on any atom is 0.229 e. The molecule has 0 radical (unpaired) electrons. The molecule has 29 heavy (non-hydrogen) atoms. The second-order valence-electron chi connectivity index (χ2n) is 7.67. The second kappa shape index (κ2) is 7.53. The number of anilines is 1. The number of hydrogen-bond donors (Lipinski definition) is 1. The summed E-state index contributed by atoms with van der Waals surface area (Å²) in [5, 5.41) is 3.78. The standard InChI is InChI=1S/C21H23N5O3/c1-13-22-12-19(29-13)14-2-3-15-11-23-21(24-18(15)10-14)25-20(27)16-8-17(9-16)26-4-6-28-7-5-26/h2-3,10-12,16-17H,4-9H2,1H3,(H,23,24,25,27). The maximum atomic E-state index is 12.6. The lowest BCUT2D eigenvalue weighted by molar-refractivity contribution is -0.125. The second-order valence-corrected chi connectivity index (χ2v) is 7.67. The third kappa shape index (κ3) is 3.73. The number of ether oxygens (including phenoxy) is 1. The summed E-state index contributed by atoms with van der Waals surface area (Å²) in [4.78, 5) is 28.0. The highest BCUT2D eigenvalue weighted by atomic mass is 16.5. The normalized spacial score (nSPS) is 22.4. The van der Waals surface area contributed by atoms with Gasteiger partial charge in [-0.25, -0.2) is 15.0 Å². The average Bonchev–Trinajstić information content (AvgIpc) is 3.13. The number of morpholine rings is 1. The molecule has 1 aromatic carbocycles. The Labute approximate surface area is 168 Å². The number of carbonyl (C=O) groups is 1. The monoisotopic (exact) mass is 393 g/mol. The zero-order valence-electron chi connectivity index (χ0n) is 16.3. The van der Waals surface area contributed by atoms with Crippen molar-refractivity contribution in [3.8, 4) is 11.3 Å². The summed E-state index contributed by atoms with van der Waals surface area (Å²) in [6, 6.07) is 6.29. The fraction of sp³-hybridized carbons (Fsp3) is 0.429. The predicted molar refractivity (Wildman–Crippen MR) is 107 cm³/mol. The van der Waals surface area contributed by atoms with Crippen LogP contribution >= 0.6 is 0 Å². The minimum Gasteiger partial charge on any atom is -0.441 e. The van der Waals surface area contributed by atoms with Gasteiger partial charge in [0.15, 0.2) is 11.7 Å². The van der Waals surface area contributed by atoms with Gasteiger partial charge in [-0.2, -0.15) is 0 Å². The molecule has 2 aromatic heterocycles. The van der Waals surface area contributed by atoms with Crippen LogP contribution in [0.15, 0.2) is 35.0 Å². The smallest absolute Gasteiger partial charge is 0.229 e. The molecule has 1 N–H and O–H groups in total. The molecular formula is C21H23N5O3. The number of hydrogen-bond acceptors (Lipinski definition) is 7. The molecule has 0 atom stereocenters. The molecule has 1 aliphatic carbocycles. The molecule has 5 rings (SSSR count). The van der Waals surface area contributed by atoms with E-state index in [1.54, 1.807) is 12.4 Å². The lowest BCUT2D eigenvalue weighted by Crippen LogP contribution is -2.52. The molecule has 2 aliphatic rings. The summed E-state index contributed by atoms with van der Waals surface area (Å²) in [6.07, 6.45) is 5.19. The van der Waals surface area contributed by atoms with Gasteiger partial charge in [-0.1, -0.05) is 12.1 Å². The van der Waals surface area contributed by atoms with Gasteiger partial charge in [-0.15, -0.1) is 0 Å². The third-order valence-electron chi connectivity index (χ3n) is 5.77. The van der Waals surface area contributed by atoms with Crippen LogP contribution in [0.5, 0.6) is 0 Å². The van der Waals surface area contributed by atoms with Gasteiger partial charge in [0.05, 0.1) is 24.9 Å². The lowest BCUT2D eigenvalue weighted by atomic mass is 9.78. The fourth-order valence-corrected chi connectivity index (χ4v) is 3.99. The van der Waals surface area contributed by atoms with Crippen LogP contribution in [0.25, 0.3) is 22.2 Å². The van der Waals surface area contributed by atoms with E-state index >= 15 is 0 Å². The van der Waals surface area contributed by atoms with Gasteiger partial charge in [0, 0.05) is 49.1 Å². The molecule has 8 heteroatoms. The minimum absolute atomic E-state index is 0.00382.